The van der Waals surface area contributed by atoms with Crippen LogP contribution in [0.3, 0.4) is 0 Å². The second-order valence-electron chi connectivity index (χ2n) is 3.94. The molecule has 2 aromatic heterocycles. The molecule has 0 saturated carbocycles. The molecule has 0 aliphatic rings. The number of amides is 1. The Morgan fingerprint density at radius 1 is 1.50 bits per heavy atom. The lowest BCUT2D eigenvalue weighted by atomic mass is 10.2. The van der Waals surface area contributed by atoms with E-state index in [4.69, 9.17) is 5.11 Å². The number of aliphatic hydroxyl groups excluding tert-OH is 1. The largest absolute Gasteiger partial charge is 0.384 e. The minimum absolute atomic E-state index is 0.254. The summed E-state index contributed by atoms with van der Waals surface area (Å²) < 4.78 is 0. The number of aromatic amines is 1. The number of carbonyl (C=O) groups is 1. The number of H-pyrrole nitrogens is 1. The van der Waals surface area contributed by atoms with E-state index in [1.54, 1.807) is 24.7 Å². The molecule has 2 heterocycles. The van der Waals surface area contributed by atoms with Crippen molar-refractivity contribution in [3.63, 3.8) is 0 Å². The molecule has 3 N–H and O–H groups in total. The van der Waals surface area contributed by atoms with Gasteiger partial charge >= 0.3 is 0 Å². The molecule has 0 fully saturated rings. The summed E-state index contributed by atoms with van der Waals surface area (Å²) in [6.45, 7) is 0.222. The highest BCUT2D eigenvalue weighted by Gasteiger charge is 2.10. The SMILES string of the molecule is O=C(NCCc1cnc[nH]1)c1ncccc1C#CCO. The first-order valence-electron chi connectivity index (χ1n) is 6.11. The van der Waals surface area contributed by atoms with Crippen molar-refractivity contribution >= 4 is 5.91 Å². The predicted molar refractivity (Wildman–Crippen MR) is 72.8 cm³/mol. The number of hydrogen-bond acceptors (Lipinski definition) is 4. The zero-order valence-corrected chi connectivity index (χ0v) is 10.8. The van der Waals surface area contributed by atoms with Gasteiger partial charge in [0.2, 0.25) is 0 Å². The van der Waals surface area contributed by atoms with Gasteiger partial charge in [-0.15, -0.1) is 0 Å². The smallest absolute Gasteiger partial charge is 0.271 e. The fourth-order valence-corrected chi connectivity index (χ4v) is 1.64. The molecule has 102 valence electrons. The lowest BCUT2D eigenvalue weighted by Crippen LogP contribution is -2.27. The summed E-state index contributed by atoms with van der Waals surface area (Å²) in [4.78, 5) is 22.9. The standard InChI is InChI=1S/C14H14N4O2/c19-8-2-4-11-3-1-6-16-13(11)14(20)17-7-5-12-9-15-10-18-12/h1,3,6,9-10,19H,5,7-8H2,(H,15,18)(H,17,20). The molecule has 20 heavy (non-hydrogen) atoms. The van der Waals surface area contributed by atoms with E-state index < -0.39 is 0 Å². The number of carbonyl (C=O) groups excluding carboxylic acids is 1. The second kappa shape index (κ2) is 7.07. The van der Waals surface area contributed by atoms with Gasteiger partial charge in [0.1, 0.15) is 12.3 Å². The Balaban J connectivity index is 1.98. The van der Waals surface area contributed by atoms with Gasteiger partial charge in [-0.25, -0.2) is 9.97 Å². The monoisotopic (exact) mass is 270 g/mol. The number of rotatable bonds is 4. The van der Waals surface area contributed by atoms with Crippen LogP contribution in [0, 0.1) is 11.8 Å². The second-order valence-corrected chi connectivity index (χ2v) is 3.94. The van der Waals surface area contributed by atoms with E-state index in [0.717, 1.165) is 5.69 Å². The van der Waals surface area contributed by atoms with Crippen molar-refractivity contribution in [1.29, 1.82) is 0 Å². The van der Waals surface area contributed by atoms with Crippen molar-refractivity contribution in [3.05, 3.63) is 47.8 Å². The van der Waals surface area contributed by atoms with Crippen LogP contribution in [0.5, 0.6) is 0 Å². The van der Waals surface area contributed by atoms with E-state index in [0.29, 0.717) is 18.5 Å². The number of aromatic nitrogens is 3. The Morgan fingerprint density at radius 2 is 2.40 bits per heavy atom. The minimum atomic E-state index is -0.285. The van der Waals surface area contributed by atoms with Gasteiger partial charge in [-0.3, -0.25) is 4.79 Å². The highest BCUT2D eigenvalue weighted by Crippen LogP contribution is 2.03. The van der Waals surface area contributed by atoms with Crippen LogP contribution in [0.25, 0.3) is 0 Å². The number of nitrogens with one attached hydrogen (secondary N) is 2. The van der Waals surface area contributed by atoms with Gasteiger partial charge in [0.05, 0.1) is 11.9 Å². The predicted octanol–water partition coefficient (Wildman–Crippen LogP) is 0.121. The molecule has 0 atom stereocenters. The molecule has 6 nitrogen and oxygen atoms in total. The first-order valence-corrected chi connectivity index (χ1v) is 6.11. The highest BCUT2D eigenvalue weighted by molar-refractivity contribution is 5.94. The summed E-state index contributed by atoms with van der Waals surface area (Å²) in [6, 6.07) is 3.39. The van der Waals surface area contributed by atoms with Gasteiger partial charge in [0, 0.05) is 31.1 Å². The zero-order chi connectivity index (χ0) is 14.2. The molecule has 0 aliphatic heterocycles. The Kier molecular flexibility index (Phi) is 4.87. The molecule has 0 aliphatic carbocycles. The van der Waals surface area contributed by atoms with Gasteiger partial charge < -0.3 is 15.4 Å². The first-order chi connectivity index (χ1) is 9.81. The average Bonchev–Trinajstić information content (AvgIpc) is 2.98. The fraction of sp³-hybridized carbons (Fsp3) is 0.214. The third-order valence-corrected chi connectivity index (χ3v) is 2.56. The van der Waals surface area contributed by atoms with E-state index in [9.17, 15) is 4.79 Å². The lowest BCUT2D eigenvalue weighted by molar-refractivity contribution is 0.0949. The Labute approximate surface area is 116 Å². The van der Waals surface area contributed by atoms with Crippen LogP contribution in [-0.2, 0) is 6.42 Å². The number of imidazole rings is 1. The van der Waals surface area contributed by atoms with Crippen LogP contribution in [0.1, 0.15) is 21.7 Å². The fourth-order valence-electron chi connectivity index (χ4n) is 1.64. The maximum atomic E-state index is 12.0. The molecular weight excluding hydrogens is 256 g/mol. The Bertz CT molecular complexity index is 626. The zero-order valence-electron chi connectivity index (χ0n) is 10.8. The topological polar surface area (TPSA) is 90.9 Å². The average molecular weight is 270 g/mol. The molecule has 0 spiro atoms. The molecule has 0 aromatic carbocycles. The third-order valence-electron chi connectivity index (χ3n) is 2.56. The van der Waals surface area contributed by atoms with Gasteiger partial charge in [-0.1, -0.05) is 11.8 Å². The van der Waals surface area contributed by atoms with Crippen molar-refractivity contribution in [2.45, 2.75) is 6.42 Å². The lowest BCUT2D eigenvalue weighted by Gasteiger charge is -2.05. The van der Waals surface area contributed by atoms with Crippen LogP contribution in [-0.4, -0.2) is 39.1 Å². The molecule has 0 unspecified atom stereocenters. The van der Waals surface area contributed by atoms with Crippen LogP contribution >= 0.6 is 0 Å². The molecule has 0 bridgehead atoms. The minimum Gasteiger partial charge on any atom is -0.384 e. The normalized spacial score (nSPS) is 9.65. The van der Waals surface area contributed by atoms with Crippen molar-refractivity contribution in [2.75, 3.05) is 13.2 Å². The Hall–Kier alpha value is -2.65. The van der Waals surface area contributed by atoms with Crippen LogP contribution in [0.4, 0.5) is 0 Å². The number of hydrogen-bond donors (Lipinski definition) is 3. The molecule has 1 amide bonds. The van der Waals surface area contributed by atoms with Gasteiger partial charge in [0.15, 0.2) is 0 Å². The van der Waals surface area contributed by atoms with E-state index in [1.165, 1.54) is 6.20 Å². The summed E-state index contributed by atoms with van der Waals surface area (Å²) in [7, 11) is 0. The quantitative estimate of drug-likeness (QED) is 0.688. The van der Waals surface area contributed by atoms with Crippen molar-refractivity contribution in [1.82, 2.24) is 20.3 Å². The maximum absolute atomic E-state index is 12.0. The number of aliphatic hydroxyl groups is 1. The van der Waals surface area contributed by atoms with Crippen LogP contribution < -0.4 is 5.32 Å². The van der Waals surface area contributed by atoms with Gasteiger partial charge in [-0.2, -0.15) is 0 Å². The van der Waals surface area contributed by atoms with E-state index in [-0.39, 0.29) is 18.2 Å². The van der Waals surface area contributed by atoms with Crippen molar-refractivity contribution < 1.29 is 9.90 Å². The van der Waals surface area contributed by atoms with Gasteiger partial charge in [-0.05, 0) is 12.1 Å². The van der Waals surface area contributed by atoms with Crippen LogP contribution in [0.2, 0.25) is 0 Å². The summed E-state index contributed by atoms with van der Waals surface area (Å²) in [5.41, 5.74) is 1.71. The van der Waals surface area contributed by atoms with Crippen molar-refractivity contribution in [3.8, 4) is 11.8 Å². The third kappa shape index (κ3) is 3.67. The molecule has 6 heteroatoms. The summed E-state index contributed by atoms with van der Waals surface area (Å²) >= 11 is 0. The van der Waals surface area contributed by atoms with Gasteiger partial charge in [0.25, 0.3) is 5.91 Å². The van der Waals surface area contributed by atoms with E-state index >= 15 is 0 Å². The summed E-state index contributed by atoms with van der Waals surface area (Å²) in [5.74, 6) is 4.93. The van der Waals surface area contributed by atoms with Crippen LogP contribution in [0.15, 0.2) is 30.9 Å². The van der Waals surface area contributed by atoms with E-state index in [1.807, 2.05) is 0 Å². The first kappa shape index (κ1) is 13.8. The molecule has 0 radical (unpaired) electrons. The maximum Gasteiger partial charge on any atom is 0.271 e. The summed E-state index contributed by atoms with van der Waals surface area (Å²) in [6.07, 6.45) is 5.51. The molecule has 2 rings (SSSR count). The highest BCUT2D eigenvalue weighted by atomic mass is 16.2. The molecule has 2 aromatic rings. The molecular formula is C14H14N4O2. The number of pyridine rings is 1. The number of nitrogens with zero attached hydrogens (tertiary/aromatic N) is 2. The molecule has 0 saturated heterocycles. The summed E-state index contributed by atoms with van der Waals surface area (Å²) in [5, 5.41) is 11.5. The van der Waals surface area contributed by atoms with Crippen molar-refractivity contribution in [2.24, 2.45) is 0 Å². The van der Waals surface area contributed by atoms with E-state index in [2.05, 4.69) is 32.1 Å². The Morgan fingerprint density at radius 3 is 3.15 bits per heavy atom.